The van der Waals surface area contributed by atoms with Gasteiger partial charge in [-0.1, -0.05) is 35.9 Å². The molecular weight excluding hydrogens is 412 g/mol. The Morgan fingerprint density at radius 2 is 1.90 bits per heavy atom. The summed E-state index contributed by atoms with van der Waals surface area (Å²) in [5.41, 5.74) is 4.60. The summed E-state index contributed by atoms with van der Waals surface area (Å²) in [4.78, 5) is 12.6. The van der Waals surface area contributed by atoms with Gasteiger partial charge in [0.05, 0.1) is 5.69 Å². The normalized spacial score (nSPS) is 10.9. The van der Waals surface area contributed by atoms with Gasteiger partial charge in [0.15, 0.2) is 16.4 Å². The second-order valence-electron chi connectivity index (χ2n) is 7.31. The second-order valence-corrected chi connectivity index (χ2v) is 7.69. The highest BCUT2D eigenvalue weighted by Gasteiger charge is 2.12. The molecule has 2 N–H and O–H groups in total. The van der Waals surface area contributed by atoms with Crippen molar-refractivity contribution in [2.75, 3.05) is 5.32 Å². The topological polar surface area (TPSA) is 106 Å². The fraction of sp³-hybridized carbons (Fsp3) is 0.238. The summed E-state index contributed by atoms with van der Waals surface area (Å²) >= 11 is 5.36. The van der Waals surface area contributed by atoms with E-state index in [1.807, 2.05) is 67.8 Å². The number of carbonyl (C=O) groups excluding carboxylic acids is 1. The molecule has 1 amide bonds. The lowest BCUT2D eigenvalue weighted by Crippen LogP contribution is -2.15. The average Bonchev–Trinajstić information content (AvgIpc) is 3.34. The standard InChI is InChI=1S/C21H22N8OS/c1-13-4-7-16(8-5-13)20-24-25-21(31)28(20)11-10-19(30)22-17-9-6-14(2)18(12-17)29-15(3)23-26-27-29/h4-9,12H,10-11H2,1-3H3,(H,22,30)(H,25,31). The van der Waals surface area contributed by atoms with Gasteiger partial charge in [-0.05, 0) is 61.1 Å². The third-order valence-electron chi connectivity index (χ3n) is 4.98. The molecule has 0 spiro atoms. The highest BCUT2D eigenvalue weighted by Crippen LogP contribution is 2.21. The molecule has 0 unspecified atom stereocenters. The lowest BCUT2D eigenvalue weighted by atomic mass is 10.1. The Morgan fingerprint density at radius 3 is 2.61 bits per heavy atom. The Balaban J connectivity index is 1.48. The highest BCUT2D eigenvalue weighted by molar-refractivity contribution is 7.71. The Hall–Kier alpha value is -3.66. The van der Waals surface area contributed by atoms with Crippen molar-refractivity contribution in [1.82, 2.24) is 35.0 Å². The Labute approximate surface area is 184 Å². The number of aromatic nitrogens is 7. The Morgan fingerprint density at radius 1 is 1.13 bits per heavy atom. The zero-order valence-electron chi connectivity index (χ0n) is 17.5. The van der Waals surface area contributed by atoms with Crippen LogP contribution in [0.25, 0.3) is 17.1 Å². The van der Waals surface area contributed by atoms with Crippen molar-refractivity contribution >= 4 is 23.8 Å². The number of amides is 1. The number of nitrogens with zero attached hydrogens (tertiary/aromatic N) is 6. The summed E-state index contributed by atoms with van der Waals surface area (Å²) in [6.07, 6.45) is 0.250. The van der Waals surface area contributed by atoms with Crippen molar-refractivity contribution in [3.05, 3.63) is 64.2 Å². The summed E-state index contributed by atoms with van der Waals surface area (Å²) in [5, 5.41) is 21.7. The molecule has 9 nitrogen and oxygen atoms in total. The molecule has 0 atom stereocenters. The van der Waals surface area contributed by atoms with Gasteiger partial charge in [0, 0.05) is 24.2 Å². The first kappa shape index (κ1) is 20.6. The molecule has 10 heteroatoms. The van der Waals surface area contributed by atoms with Gasteiger partial charge in [-0.3, -0.25) is 14.5 Å². The zero-order valence-corrected chi connectivity index (χ0v) is 18.3. The maximum atomic E-state index is 12.6. The van der Waals surface area contributed by atoms with Crippen LogP contribution in [0.1, 0.15) is 23.4 Å². The molecule has 2 aromatic heterocycles. The molecule has 0 aliphatic rings. The van der Waals surface area contributed by atoms with Crippen LogP contribution in [-0.2, 0) is 11.3 Å². The van der Waals surface area contributed by atoms with Gasteiger partial charge in [-0.25, -0.2) is 0 Å². The Kier molecular flexibility index (Phi) is 5.72. The average molecular weight is 435 g/mol. The van der Waals surface area contributed by atoms with Crippen LogP contribution in [0.2, 0.25) is 0 Å². The lowest BCUT2D eigenvalue weighted by molar-refractivity contribution is -0.116. The minimum absolute atomic E-state index is 0.124. The molecule has 4 rings (SSSR count). The van der Waals surface area contributed by atoms with E-state index in [1.165, 1.54) is 0 Å². The van der Waals surface area contributed by atoms with E-state index in [-0.39, 0.29) is 12.3 Å². The van der Waals surface area contributed by atoms with Gasteiger partial charge >= 0.3 is 0 Å². The quantitative estimate of drug-likeness (QED) is 0.450. The molecule has 0 bridgehead atoms. The van der Waals surface area contributed by atoms with Crippen LogP contribution in [0, 0.1) is 25.5 Å². The summed E-state index contributed by atoms with van der Waals surface area (Å²) in [7, 11) is 0. The lowest BCUT2D eigenvalue weighted by Gasteiger charge is -2.11. The van der Waals surface area contributed by atoms with Crippen LogP contribution in [0.4, 0.5) is 5.69 Å². The number of carbonyl (C=O) groups is 1. The van der Waals surface area contributed by atoms with Crippen LogP contribution < -0.4 is 5.32 Å². The van der Waals surface area contributed by atoms with E-state index in [2.05, 4.69) is 31.0 Å². The molecule has 2 heterocycles. The maximum Gasteiger partial charge on any atom is 0.226 e. The van der Waals surface area contributed by atoms with Crippen molar-refractivity contribution in [3.63, 3.8) is 0 Å². The number of H-pyrrole nitrogens is 1. The van der Waals surface area contributed by atoms with Crippen LogP contribution >= 0.6 is 12.2 Å². The number of anilines is 1. The molecule has 4 aromatic rings. The van der Waals surface area contributed by atoms with E-state index in [4.69, 9.17) is 12.2 Å². The van der Waals surface area contributed by atoms with E-state index in [9.17, 15) is 4.79 Å². The van der Waals surface area contributed by atoms with Crippen LogP contribution in [0.15, 0.2) is 42.5 Å². The summed E-state index contributed by atoms with van der Waals surface area (Å²) in [6, 6.07) is 13.7. The van der Waals surface area contributed by atoms with Gasteiger partial charge in [0.1, 0.15) is 0 Å². The molecule has 2 aromatic carbocycles. The molecule has 31 heavy (non-hydrogen) atoms. The van der Waals surface area contributed by atoms with Gasteiger partial charge in [-0.2, -0.15) is 9.78 Å². The molecule has 0 saturated carbocycles. The first-order valence-corrected chi connectivity index (χ1v) is 10.2. The van der Waals surface area contributed by atoms with Crippen LogP contribution in [0.3, 0.4) is 0 Å². The van der Waals surface area contributed by atoms with Crippen molar-refractivity contribution in [3.8, 4) is 17.1 Å². The molecule has 0 saturated heterocycles. The third-order valence-corrected chi connectivity index (χ3v) is 5.29. The third kappa shape index (κ3) is 4.43. The number of hydrogen-bond acceptors (Lipinski definition) is 6. The summed E-state index contributed by atoms with van der Waals surface area (Å²) < 4.78 is 3.96. The number of tetrazole rings is 1. The number of rotatable bonds is 6. The maximum absolute atomic E-state index is 12.6. The zero-order chi connectivity index (χ0) is 22.0. The van der Waals surface area contributed by atoms with E-state index in [1.54, 1.807) is 4.68 Å². The molecule has 158 valence electrons. The predicted molar refractivity (Wildman–Crippen MR) is 119 cm³/mol. The van der Waals surface area contributed by atoms with Crippen molar-refractivity contribution in [2.45, 2.75) is 33.7 Å². The van der Waals surface area contributed by atoms with Crippen molar-refractivity contribution in [1.29, 1.82) is 0 Å². The number of hydrogen-bond donors (Lipinski definition) is 2. The largest absolute Gasteiger partial charge is 0.326 e. The van der Waals surface area contributed by atoms with Gasteiger partial charge in [-0.15, -0.1) is 5.10 Å². The van der Waals surface area contributed by atoms with Crippen LogP contribution in [-0.4, -0.2) is 40.9 Å². The van der Waals surface area contributed by atoms with Crippen molar-refractivity contribution in [2.24, 2.45) is 0 Å². The second kappa shape index (κ2) is 8.60. The molecule has 0 radical (unpaired) electrons. The summed E-state index contributed by atoms with van der Waals surface area (Å²) in [5.74, 6) is 1.26. The van der Waals surface area contributed by atoms with Gasteiger partial charge in [0.2, 0.25) is 5.91 Å². The van der Waals surface area contributed by atoms with E-state index >= 15 is 0 Å². The number of aromatic amines is 1. The monoisotopic (exact) mass is 434 g/mol. The smallest absolute Gasteiger partial charge is 0.226 e. The van der Waals surface area contributed by atoms with E-state index in [0.717, 1.165) is 22.4 Å². The SMILES string of the molecule is Cc1ccc(-c2n[nH]c(=S)n2CCC(=O)Nc2ccc(C)c(-n3nnnc3C)c2)cc1. The van der Waals surface area contributed by atoms with E-state index < -0.39 is 0 Å². The fourth-order valence-electron chi connectivity index (χ4n) is 3.25. The number of benzene rings is 2. The molecular formula is C21H22N8OS. The summed E-state index contributed by atoms with van der Waals surface area (Å²) in [6.45, 7) is 6.23. The van der Waals surface area contributed by atoms with Gasteiger partial charge in [0.25, 0.3) is 0 Å². The minimum atomic E-state index is -0.124. The molecule has 0 aliphatic carbocycles. The first-order chi connectivity index (χ1) is 14.9. The minimum Gasteiger partial charge on any atom is -0.326 e. The predicted octanol–water partition coefficient (Wildman–Crippen LogP) is 3.54. The van der Waals surface area contributed by atoms with Gasteiger partial charge < -0.3 is 5.32 Å². The first-order valence-electron chi connectivity index (χ1n) is 9.80. The fourth-order valence-corrected chi connectivity index (χ4v) is 3.48. The highest BCUT2D eigenvalue weighted by atomic mass is 32.1. The number of aryl methyl sites for hydroxylation is 3. The van der Waals surface area contributed by atoms with Crippen LogP contribution in [0.5, 0.6) is 0 Å². The molecule has 0 aliphatic heterocycles. The number of nitrogens with one attached hydrogen (secondary N) is 2. The Bertz CT molecular complexity index is 1290. The van der Waals surface area contributed by atoms with Crippen molar-refractivity contribution < 1.29 is 4.79 Å². The van der Waals surface area contributed by atoms with E-state index in [0.29, 0.717) is 28.7 Å². The molecule has 0 fully saturated rings.